The average Bonchev–Trinajstić information content (AvgIpc) is 2.91. The van der Waals surface area contributed by atoms with Crippen LogP contribution in [0.25, 0.3) is 0 Å². The lowest BCUT2D eigenvalue weighted by Crippen LogP contribution is -2.45. The highest BCUT2D eigenvalue weighted by Gasteiger charge is 2.54. The molecule has 2 aliphatic rings. The van der Waals surface area contributed by atoms with Crippen molar-refractivity contribution < 1.29 is 13.2 Å². The quantitative estimate of drug-likeness (QED) is 0.666. The Morgan fingerprint density at radius 2 is 1.47 bits per heavy atom. The van der Waals surface area contributed by atoms with Gasteiger partial charge in [-0.3, -0.25) is 4.79 Å². The van der Waals surface area contributed by atoms with Crippen molar-refractivity contribution >= 4 is 33.0 Å². The van der Waals surface area contributed by atoms with Crippen molar-refractivity contribution in [1.82, 2.24) is 4.31 Å². The van der Waals surface area contributed by atoms with E-state index in [-0.39, 0.29) is 5.71 Å². The molecule has 2 aromatic carbocycles. The van der Waals surface area contributed by atoms with Gasteiger partial charge in [-0.1, -0.05) is 43.2 Å². The smallest absolute Gasteiger partial charge is 0.284 e. The number of hydrogen-bond donors (Lipinski definition) is 0. The van der Waals surface area contributed by atoms with E-state index >= 15 is 0 Å². The molecule has 2 aliphatic heterocycles. The largest absolute Gasteiger partial charge is 0.372 e. The summed E-state index contributed by atoms with van der Waals surface area (Å²) >= 11 is 0. The molecule has 0 aliphatic carbocycles. The summed E-state index contributed by atoms with van der Waals surface area (Å²) in [5.74, 6) is -0.553. The Morgan fingerprint density at radius 1 is 0.875 bits per heavy atom. The highest BCUT2D eigenvalue weighted by Crippen LogP contribution is 2.39. The zero-order chi connectivity index (χ0) is 22.9. The van der Waals surface area contributed by atoms with Crippen LogP contribution in [0.5, 0.6) is 0 Å². The van der Waals surface area contributed by atoms with Gasteiger partial charge in [0.15, 0.2) is 5.25 Å². The maximum Gasteiger partial charge on any atom is 0.284 e. The average molecular weight is 454 g/mol. The predicted molar refractivity (Wildman–Crippen MR) is 129 cm³/mol. The fraction of sp³-hybridized carbons (Fsp3) is 0.440. The first-order valence-corrected chi connectivity index (χ1v) is 12.8. The summed E-state index contributed by atoms with van der Waals surface area (Å²) in [7, 11) is -3.94. The van der Waals surface area contributed by atoms with Gasteiger partial charge in [0.2, 0.25) is 0 Å². The first-order chi connectivity index (χ1) is 15.2. The van der Waals surface area contributed by atoms with Gasteiger partial charge in [0, 0.05) is 18.8 Å². The van der Waals surface area contributed by atoms with Gasteiger partial charge in [0.05, 0.1) is 11.2 Å². The van der Waals surface area contributed by atoms with Gasteiger partial charge in [-0.15, -0.1) is 0 Å². The van der Waals surface area contributed by atoms with E-state index in [9.17, 15) is 13.2 Å². The molecule has 6 nitrogen and oxygen atoms in total. The molecule has 4 rings (SSSR count). The van der Waals surface area contributed by atoms with E-state index in [2.05, 4.69) is 9.89 Å². The maximum absolute atomic E-state index is 13.5. The molecule has 1 unspecified atom stereocenters. The molecule has 0 radical (unpaired) electrons. The van der Waals surface area contributed by atoms with Crippen LogP contribution in [0.15, 0.2) is 59.6 Å². The summed E-state index contributed by atoms with van der Waals surface area (Å²) in [5, 5.41) is -1.11. The van der Waals surface area contributed by atoms with Crippen LogP contribution in [0.1, 0.15) is 57.3 Å². The molecule has 1 amide bonds. The molecular weight excluding hydrogens is 422 g/mol. The van der Waals surface area contributed by atoms with E-state index in [1.807, 2.05) is 30.3 Å². The Kier molecular flexibility index (Phi) is 6.12. The minimum Gasteiger partial charge on any atom is -0.372 e. The van der Waals surface area contributed by atoms with Crippen molar-refractivity contribution in [2.45, 2.75) is 57.2 Å². The lowest BCUT2D eigenvalue weighted by molar-refractivity contribution is -0.122. The number of aliphatic imine (C=N–C) groups is 1. The molecule has 0 N–H and O–H groups in total. The van der Waals surface area contributed by atoms with Crippen LogP contribution < -0.4 is 4.90 Å². The van der Waals surface area contributed by atoms with E-state index in [4.69, 9.17) is 0 Å². The third-order valence-corrected chi connectivity index (χ3v) is 8.30. The maximum atomic E-state index is 13.5. The van der Waals surface area contributed by atoms with Crippen molar-refractivity contribution in [1.29, 1.82) is 0 Å². The van der Waals surface area contributed by atoms with Gasteiger partial charge < -0.3 is 4.90 Å². The van der Waals surface area contributed by atoms with E-state index in [0.717, 1.165) is 23.1 Å². The summed E-state index contributed by atoms with van der Waals surface area (Å²) in [6, 6.07) is 16.6. The van der Waals surface area contributed by atoms with E-state index < -0.39 is 26.7 Å². The molecule has 1 atom stereocenters. The lowest BCUT2D eigenvalue weighted by atomic mass is 10.0. The number of nitrogens with zero attached hydrogens (tertiary/aromatic N) is 3. The zero-order valence-corrected chi connectivity index (χ0v) is 19.8. The Morgan fingerprint density at radius 3 is 2.03 bits per heavy atom. The fourth-order valence-corrected chi connectivity index (χ4v) is 6.77. The predicted octanol–water partition coefficient (Wildman–Crippen LogP) is 4.85. The van der Waals surface area contributed by atoms with Crippen LogP contribution in [-0.2, 0) is 14.8 Å². The number of anilines is 1. The van der Waals surface area contributed by atoms with Crippen LogP contribution in [-0.4, -0.2) is 43.0 Å². The van der Waals surface area contributed by atoms with Crippen LogP contribution in [0, 0.1) is 0 Å². The van der Waals surface area contributed by atoms with E-state index in [1.165, 1.54) is 25.7 Å². The van der Waals surface area contributed by atoms with Gasteiger partial charge in [-0.25, -0.2) is 17.7 Å². The molecule has 0 aromatic heterocycles. The second-order valence-electron chi connectivity index (χ2n) is 9.49. The first kappa shape index (κ1) is 22.5. The van der Waals surface area contributed by atoms with Gasteiger partial charge in [-0.2, -0.15) is 0 Å². The van der Waals surface area contributed by atoms with E-state index in [1.54, 1.807) is 45.0 Å². The van der Waals surface area contributed by atoms with Crippen molar-refractivity contribution in [2.75, 3.05) is 18.0 Å². The van der Waals surface area contributed by atoms with Crippen molar-refractivity contribution in [3.8, 4) is 0 Å². The van der Waals surface area contributed by atoms with Gasteiger partial charge >= 0.3 is 0 Å². The molecule has 0 bridgehead atoms. The molecule has 0 saturated carbocycles. The number of sulfonamides is 1. The Balaban J connectivity index is 1.73. The molecule has 0 spiro atoms. The Labute approximate surface area is 191 Å². The molecule has 7 heteroatoms. The van der Waals surface area contributed by atoms with Gasteiger partial charge in [0.1, 0.15) is 5.71 Å². The second kappa shape index (κ2) is 8.70. The van der Waals surface area contributed by atoms with Crippen LogP contribution >= 0.6 is 0 Å². The second-order valence-corrected chi connectivity index (χ2v) is 11.4. The van der Waals surface area contributed by atoms with Gasteiger partial charge in [-0.05, 0) is 63.4 Å². The van der Waals surface area contributed by atoms with Crippen molar-refractivity contribution in [3.05, 3.63) is 60.2 Å². The summed E-state index contributed by atoms with van der Waals surface area (Å²) in [5.41, 5.74) is 1.44. The Bertz CT molecular complexity index is 1100. The standard InChI is InChI=1S/C25H31N3O3S/c1-25(2,3)28-24(29)22(23(32(28,30)31)19-11-7-6-8-12-19)26-20-13-15-21(16-14-20)27-17-9-4-5-10-18-27/h6-8,11-16,23H,4-5,9-10,17-18H2,1-3H3. The first-order valence-electron chi connectivity index (χ1n) is 11.3. The lowest BCUT2D eigenvalue weighted by Gasteiger charge is -2.30. The van der Waals surface area contributed by atoms with E-state index in [0.29, 0.717) is 11.3 Å². The van der Waals surface area contributed by atoms with Gasteiger partial charge in [0.25, 0.3) is 15.9 Å². The number of rotatable bonds is 3. The van der Waals surface area contributed by atoms with Crippen LogP contribution in [0.3, 0.4) is 0 Å². The molecule has 170 valence electrons. The topological polar surface area (TPSA) is 70.1 Å². The van der Waals surface area contributed by atoms with Crippen molar-refractivity contribution in [2.24, 2.45) is 4.99 Å². The highest BCUT2D eigenvalue weighted by molar-refractivity contribution is 7.91. The summed E-state index contributed by atoms with van der Waals surface area (Å²) in [6.45, 7) is 7.26. The summed E-state index contributed by atoms with van der Waals surface area (Å²) in [4.78, 5) is 20.3. The summed E-state index contributed by atoms with van der Waals surface area (Å²) < 4.78 is 27.9. The Hall–Kier alpha value is -2.67. The van der Waals surface area contributed by atoms with Crippen molar-refractivity contribution in [3.63, 3.8) is 0 Å². The minimum absolute atomic E-state index is 0.0497. The fourth-order valence-electron chi connectivity index (χ4n) is 4.53. The number of carbonyl (C=O) groups excluding carboxylic acids is 1. The highest BCUT2D eigenvalue weighted by atomic mass is 32.2. The SMILES string of the molecule is CC(C)(C)N1C(=O)C(=Nc2ccc(N3CCCCCC3)cc2)C(c2ccccc2)S1(=O)=O. The molecule has 32 heavy (non-hydrogen) atoms. The molecule has 2 aromatic rings. The molecule has 2 fully saturated rings. The minimum atomic E-state index is -3.94. The number of benzene rings is 2. The molecule has 2 saturated heterocycles. The zero-order valence-electron chi connectivity index (χ0n) is 19.0. The van der Waals surface area contributed by atoms with Crippen LogP contribution in [0.4, 0.5) is 11.4 Å². The third-order valence-electron chi connectivity index (χ3n) is 5.99. The molecule has 2 heterocycles. The summed E-state index contributed by atoms with van der Waals surface area (Å²) in [6.07, 6.45) is 4.92. The number of carbonyl (C=O) groups is 1. The monoisotopic (exact) mass is 453 g/mol. The van der Waals surface area contributed by atoms with Crippen LogP contribution in [0.2, 0.25) is 0 Å². The number of hydrogen-bond acceptors (Lipinski definition) is 5. The molecular formula is C25H31N3O3S. The number of amides is 1. The third kappa shape index (κ3) is 4.31. The normalized spacial score (nSPS) is 22.9.